The number of methoxy groups -OCH3 is 2. The minimum absolute atomic E-state index is 0.0658. The molecule has 1 aliphatic heterocycles. The Bertz CT molecular complexity index is 257. The number of nitrogens with two attached hydrogens (primary N) is 1. The zero-order valence-corrected chi connectivity index (χ0v) is 11.8. The van der Waals surface area contributed by atoms with Gasteiger partial charge in [-0.2, -0.15) is 0 Å². The van der Waals surface area contributed by atoms with Crippen LogP contribution in [-0.2, 0) is 19.0 Å². The molecule has 0 bridgehead atoms. The standard InChI is InChI=1S/C12H25N3O4/c1-17-7-5-15(6-8-18-2)9-10-3-4-11(19-10)12(16)14-13/h10-11H,3-9,13H2,1-2H3,(H,14,16). The van der Waals surface area contributed by atoms with Crippen molar-refractivity contribution in [2.24, 2.45) is 5.84 Å². The first-order chi connectivity index (χ1) is 9.21. The fourth-order valence-corrected chi connectivity index (χ4v) is 2.15. The van der Waals surface area contributed by atoms with Gasteiger partial charge in [-0.1, -0.05) is 0 Å². The van der Waals surface area contributed by atoms with Crippen molar-refractivity contribution in [3.05, 3.63) is 0 Å². The summed E-state index contributed by atoms with van der Waals surface area (Å²) < 4.78 is 15.9. The Kier molecular flexibility index (Phi) is 7.92. The maximum absolute atomic E-state index is 11.4. The molecule has 0 aliphatic carbocycles. The van der Waals surface area contributed by atoms with E-state index < -0.39 is 6.10 Å². The molecule has 1 fully saturated rings. The molecule has 1 saturated heterocycles. The molecule has 1 rings (SSSR count). The molecular formula is C12H25N3O4. The van der Waals surface area contributed by atoms with E-state index in [4.69, 9.17) is 20.1 Å². The van der Waals surface area contributed by atoms with E-state index in [-0.39, 0.29) is 12.0 Å². The summed E-state index contributed by atoms with van der Waals surface area (Å²) >= 11 is 0. The summed E-state index contributed by atoms with van der Waals surface area (Å²) in [5.41, 5.74) is 2.13. The van der Waals surface area contributed by atoms with Crippen LogP contribution in [0.15, 0.2) is 0 Å². The highest BCUT2D eigenvalue weighted by Gasteiger charge is 2.31. The largest absolute Gasteiger partial charge is 0.383 e. The van der Waals surface area contributed by atoms with Crippen LogP contribution in [0.5, 0.6) is 0 Å². The van der Waals surface area contributed by atoms with Gasteiger partial charge in [-0.15, -0.1) is 0 Å². The summed E-state index contributed by atoms with van der Waals surface area (Å²) in [6.45, 7) is 3.77. The van der Waals surface area contributed by atoms with Crippen molar-refractivity contribution < 1.29 is 19.0 Å². The first-order valence-electron chi connectivity index (χ1n) is 6.57. The van der Waals surface area contributed by atoms with E-state index in [0.29, 0.717) is 13.2 Å². The maximum atomic E-state index is 11.4. The van der Waals surface area contributed by atoms with Crippen LogP contribution in [0.1, 0.15) is 12.8 Å². The fraction of sp³-hybridized carbons (Fsp3) is 0.917. The number of rotatable bonds is 9. The average molecular weight is 275 g/mol. The van der Waals surface area contributed by atoms with E-state index in [1.165, 1.54) is 0 Å². The first kappa shape index (κ1) is 16.3. The van der Waals surface area contributed by atoms with Gasteiger partial charge in [0, 0.05) is 33.9 Å². The van der Waals surface area contributed by atoms with E-state index in [0.717, 1.165) is 32.5 Å². The zero-order valence-electron chi connectivity index (χ0n) is 11.8. The second-order valence-electron chi connectivity index (χ2n) is 4.62. The Morgan fingerprint density at radius 3 is 2.47 bits per heavy atom. The minimum atomic E-state index is -0.415. The van der Waals surface area contributed by atoms with E-state index in [1.807, 2.05) is 0 Å². The van der Waals surface area contributed by atoms with Crippen molar-refractivity contribution >= 4 is 5.91 Å². The number of hydrogen-bond acceptors (Lipinski definition) is 6. The van der Waals surface area contributed by atoms with Crippen molar-refractivity contribution in [3.8, 4) is 0 Å². The van der Waals surface area contributed by atoms with Gasteiger partial charge >= 0.3 is 0 Å². The lowest BCUT2D eigenvalue weighted by Crippen LogP contribution is -2.41. The van der Waals surface area contributed by atoms with E-state index >= 15 is 0 Å². The van der Waals surface area contributed by atoms with Crippen LogP contribution in [-0.4, -0.2) is 70.1 Å². The lowest BCUT2D eigenvalue weighted by molar-refractivity contribution is -0.132. The van der Waals surface area contributed by atoms with Crippen LogP contribution < -0.4 is 11.3 Å². The van der Waals surface area contributed by atoms with E-state index in [1.54, 1.807) is 14.2 Å². The van der Waals surface area contributed by atoms with Crippen molar-refractivity contribution in [2.45, 2.75) is 25.0 Å². The summed E-state index contributed by atoms with van der Waals surface area (Å²) in [7, 11) is 3.37. The van der Waals surface area contributed by atoms with Crippen LogP contribution in [0.25, 0.3) is 0 Å². The Balaban J connectivity index is 2.35. The number of ether oxygens (including phenoxy) is 3. The molecule has 2 atom stereocenters. The van der Waals surface area contributed by atoms with Gasteiger partial charge in [0.15, 0.2) is 0 Å². The number of nitrogens with zero attached hydrogens (tertiary/aromatic N) is 1. The third kappa shape index (κ3) is 5.84. The molecule has 1 heterocycles. The van der Waals surface area contributed by atoms with Gasteiger partial charge in [-0.3, -0.25) is 15.1 Å². The highest BCUT2D eigenvalue weighted by Crippen LogP contribution is 2.20. The molecule has 112 valence electrons. The number of carbonyl (C=O) groups is 1. The molecule has 3 N–H and O–H groups in total. The molecular weight excluding hydrogens is 250 g/mol. The van der Waals surface area contributed by atoms with Crippen LogP contribution >= 0.6 is 0 Å². The summed E-state index contributed by atoms with van der Waals surface area (Å²) in [4.78, 5) is 13.6. The topological polar surface area (TPSA) is 86.1 Å². The second-order valence-corrected chi connectivity index (χ2v) is 4.62. The van der Waals surface area contributed by atoms with Crippen LogP contribution in [0, 0.1) is 0 Å². The average Bonchev–Trinajstić information content (AvgIpc) is 2.89. The third-order valence-electron chi connectivity index (χ3n) is 3.23. The molecule has 0 aromatic carbocycles. The fourth-order valence-electron chi connectivity index (χ4n) is 2.15. The quantitative estimate of drug-likeness (QED) is 0.323. The van der Waals surface area contributed by atoms with Crippen LogP contribution in [0.4, 0.5) is 0 Å². The SMILES string of the molecule is COCCN(CCOC)CC1CCC(C(=O)NN)O1. The van der Waals surface area contributed by atoms with Gasteiger partial charge in [0.2, 0.25) is 0 Å². The van der Waals surface area contributed by atoms with Gasteiger partial charge in [0.25, 0.3) is 5.91 Å². The summed E-state index contributed by atoms with van der Waals surface area (Å²) in [5, 5.41) is 0. The molecule has 19 heavy (non-hydrogen) atoms. The predicted octanol–water partition coefficient (Wildman–Crippen LogP) is -0.881. The number of carbonyl (C=O) groups excluding carboxylic acids is 1. The summed E-state index contributed by atoms with van der Waals surface area (Å²) in [5.74, 6) is 4.86. The first-order valence-corrected chi connectivity index (χ1v) is 6.57. The lowest BCUT2D eigenvalue weighted by Gasteiger charge is -2.24. The van der Waals surface area contributed by atoms with E-state index in [9.17, 15) is 4.79 Å². The monoisotopic (exact) mass is 275 g/mol. The van der Waals surface area contributed by atoms with Crippen molar-refractivity contribution in [2.75, 3.05) is 47.1 Å². The molecule has 7 heteroatoms. The Labute approximate surface area is 114 Å². The normalized spacial score (nSPS) is 22.9. The minimum Gasteiger partial charge on any atom is -0.383 e. The Morgan fingerprint density at radius 2 is 1.95 bits per heavy atom. The van der Waals surface area contributed by atoms with Gasteiger partial charge in [0.05, 0.1) is 19.3 Å². The molecule has 0 aromatic heterocycles. The number of nitrogens with one attached hydrogen (secondary N) is 1. The molecule has 0 radical (unpaired) electrons. The highest BCUT2D eigenvalue weighted by molar-refractivity contribution is 5.80. The predicted molar refractivity (Wildman–Crippen MR) is 70.4 cm³/mol. The highest BCUT2D eigenvalue weighted by atomic mass is 16.5. The van der Waals surface area contributed by atoms with Crippen molar-refractivity contribution in [3.63, 3.8) is 0 Å². The molecule has 0 saturated carbocycles. The molecule has 0 aromatic rings. The van der Waals surface area contributed by atoms with Crippen molar-refractivity contribution in [1.29, 1.82) is 0 Å². The maximum Gasteiger partial charge on any atom is 0.263 e. The zero-order chi connectivity index (χ0) is 14.1. The smallest absolute Gasteiger partial charge is 0.263 e. The molecule has 0 spiro atoms. The van der Waals surface area contributed by atoms with Gasteiger partial charge < -0.3 is 14.2 Å². The number of hydrazine groups is 1. The molecule has 1 amide bonds. The molecule has 2 unspecified atom stereocenters. The summed E-state index contributed by atoms with van der Waals surface area (Å²) in [6, 6.07) is 0. The van der Waals surface area contributed by atoms with E-state index in [2.05, 4.69) is 10.3 Å². The molecule has 7 nitrogen and oxygen atoms in total. The van der Waals surface area contributed by atoms with Gasteiger partial charge in [-0.05, 0) is 12.8 Å². The van der Waals surface area contributed by atoms with Crippen molar-refractivity contribution in [1.82, 2.24) is 10.3 Å². The Morgan fingerprint density at radius 1 is 1.32 bits per heavy atom. The van der Waals surface area contributed by atoms with Gasteiger partial charge in [0.1, 0.15) is 6.10 Å². The van der Waals surface area contributed by atoms with Crippen LogP contribution in [0.2, 0.25) is 0 Å². The number of hydrogen-bond donors (Lipinski definition) is 2. The lowest BCUT2D eigenvalue weighted by atomic mass is 10.2. The van der Waals surface area contributed by atoms with Gasteiger partial charge in [-0.25, -0.2) is 5.84 Å². The van der Waals surface area contributed by atoms with Crippen LogP contribution in [0.3, 0.4) is 0 Å². The number of amides is 1. The summed E-state index contributed by atoms with van der Waals surface area (Å²) in [6.07, 6.45) is 1.24. The Hall–Kier alpha value is -0.730. The second kappa shape index (κ2) is 9.22. The third-order valence-corrected chi connectivity index (χ3v) is 3.23. The molecule has 1 aliphatic rings.